The minimum absolute atomic E-state index is 0.178. The summed E-state index contributed by atoms with van der Waals surface area (Å²) in [4.78, 5) is 0. The standard InChI is InChI=1S/C9H9Cl2O/c10-8(6-12)9(11)7-4-2-1-3-5-7/h1-5,10,12H,6H2/q+1/b9-8+. The highest BCUT2D eigenvalue weighted by Crippen LogP contribution is 2.21. The zero-order valence-corrected chi connectivity index (χ0v) is 7.90. The van der Waals surface area contributed by atoms with Crippen LogP contribution in [-0.4, -0.2) is 11.7 Å². The van der Waals surface area contributed by atoms with Gasteiger partial charge in [-0.05, 0) is 5.56 Å². The van der Waals surface area contributed by atoms with Crippen LogP contribution in [0.5, 0.6) is 0 Å². The summed E-state index contributed by atoms with van der Waals surface area (Å²) in [5, 5.41) is 9.55. The minimum Gasteiger partial charge on any atom is -0.386 e. The van der Waals surface area contributed by atoms with Gasteiger partial charge < -0.3 is 5.11 Å². The maximum atomic E-state index is 8.72. The lowest BCUT2D eigenvalue weighted by Gasteiger charge is -1.95. The molecule has 0 aliphatic carbocycles. The van der Waals surface area contributed by atoms with E-state index in [9.17, 15) is 0 Å². The van der Waals surface area contributed by atoms with Crippen LogP contribution in [0.25, 0.3) is 5.03 Å². The van der Waals surface area contributed by atoms with Crippen LogP contribution in [-0.2, 0) is 0 Å². The number of aliphatic hydroxyl groups excluding tert-OH is 1. The van der Waals surface area contributed by atoms with E-state index in [4.69, 9.17) is 28.3 Å². The molecule has 0 fully saturated rings. The Bertz CT molecular complexity index is 280. The average molecular weight is 204 g/mol. The van der Waals surface area contributed by atoms with Crippen molar-refractivity contribution in [1.29, 1.82) is 0 Å². The van der Waals surface area contributed by atoms with Crippen molar-refractivity contribution in [3.8, 4) is 0 Å². The Morgan fingerprint density at radius 1 is 1.33 bits per heavy atom. The molecular formula is C9H9Cl2O+. The van der Waals surface area contributed by atoms with Crippen molar-refractivity contribution < 1.29 is 16.7 Å². The topological polar surface area (TPSA) is 20.2 Å². The SMILES string of the molecule is OC/C([ClH+])=C(\Cl)c1ccccc1. The van der Waals surface area contributed by atoms with Crippen molar-refractivity contribution in [2.45, 2.75) is 0 Å². The second-order valence-corrected chi connectivity index (χ2v) is 3.13. The minimum atomic E-state index is -0.178. The molecule has 64 valence electrons. The van der Waals surface area contributed by atoms with E-state index in [-0.39, 0.29) is 6.61 Å². The molecule has 0 atom stereocenters. The summed E-state index contributed by atoms with van der Waals surface area (Å²) in [7, 11) is 0. The maximum absolute atomic E-state index is 8.72. The highest BCUT2D eigenvalue weighted by Gasteiger charge is 2.09. The van der Waals surface area contributed by atoms with Crippen LogP contribution < -0.4 is 0 Å². The zero-order valence-electron chi connectivity index (χ0n) is 6.33. The van der Waals surface area contributed by atoms with E-state index in [0.717, 1.165) is 5.56 Å². The van der Waals surface area contributed by atoms with Gasteiger partial charge >= 0.3 is 0 Å². The van der Waals surface area contributed by atoms with Gasteiger partial charge in [0, 0.05) is 0 Å². The van der Waals surface area contributed by atoms with Crippen molar-refractivity contribution in [2.24, 2.45) is 0 Å². The fourth-order valence-electron chi connectivity index (χ4n) is 0.815. The molecule has 0 aliphatic rings. The summed E-state index contributed by atoms with van der Waals surface area (Å²) in [6, 6.07) is 9.35. The van der Waals surface area contributed by atoms with Gasteiger partial charge in [0.2, 0.25) is 5.03 Å². The lowest BCUT2D eigenvalue weighted by atomic mass is 10.2. The fourth-order valence-corrected chi connectivity index (χ4v) is 1.12. The van der Waals surface area contributed by atoms with Gasteiger partial charge in [-0.3, -0.25) is 0 Å². The van der Waals surface area contributed by atoms with E-state index in [1.54, 1.807) is 0 Å². The first-order valence-corrected chi connectivity index (χ1v) is 4.26. The first kappa shape index (κ1) is 9.59. The molecule has 0 saturated heterocycles. The quantitative estimate of drug-likeness (QED) is 0.779. The van der Waals surface area contributed by atoms with Gasteiger partial charge in [0.1, 0.15) is 11.6 Å². The number of aliphatic hydroxyl groups is 1. The second-order valence-electron chi connectivity index (χ2n) is 2.26. The molecule has 1 aromatic carbocycles. The lowest BCUT2D eigenvalue weighted by molar-refractivity contribution is -0.308. The van der Waals surface area contributed by atoms with Crippen molar-refractivity contribution in [1.82, 2.24) is 0 Å². The molecule has 1 aromatic rings. The Kier molecular flexibility index (Phi) is 3.60. The van der Waals surface area contributed by atoms with Crippen LogP contribution in [0.3, 0.4) is 0 Å². The summed E-state index contributed by atoms with van der Waals surface area (Å²) in [5.74, 6) is 0. The Balaban J connectivity index is 3.00. The predicted molar refractivity (Wildman–Crippen MR) is 47.7 cm³/mol. The van der Waals surface area contributed by atoms with Crippen molar-refractivity contribution >= 4 is 16.6 Å². The van der Waals surface area contributed by atoms with E-state index in [1.807, 2.05) is 30.3 Å². The number of benzene rings is 1. The van der Waals surface area contributed by atoms with Gasteiger partial charge in [0.25, 0.3) is 0 Å². The van der Waals surface area contributed by atoms with E-state index in [0.29, 0.717) is 10.1 Å². The molecule has 0 bridgehead atoms. The lowest BCUT2D eigenvalue weighted by Crippen LogP contribution is -1.88. The number of halogens is 2. The summed E-state index contributed by atoms with van der Waals surface area (Å²) >= 11 is 10.7. The van der Waals surface area contributed by atoms with E-state index in [2.05, 4.69) is 0 Å². The van der Waals surface area contributed by atoms with Crippen LogP contribution in [0.4, 0.5) is 0 Å². The maximum Gasteiger partial charge on any atom is 0.246 e. The molecule has 1 nitrogen and oxygen atoms in total. The molecule has 0 saturated carbocycles. The highest BCUT2D eigenvalue weighted by molar-refractivity contribution is 6.49. The van der Waals surface area contributed by atoms with Crippen molar-refractivity contribution in [3.05, 3.63) is 40.9 Å². The zero-order chi connectivity index (χ0) is 8.97. The number of rotatable bonds is 2. The van der Waals surface area contributed by atoms with E-state index in [1.165, 1.54) is 0 Å². The number of hydrogen-bond donors (Lipinski definition) is 1. The van der Waals surface area contributed by atoms with E-state index >= 15 is 0 Å². The Hall–Kier alpha value is -0.500. The Morgan fingerprint density at radius 2 is 1.92 bits per heavy atom. The molecule has 0 amide bonds. The van der Waals surface area contributed by atoms with Gasteiger partial charge in [-0.15, -0.1) is 0 Å². The summed E-state index contributed by atoms with van der Waals surface area (Å²) in [5.41, 5.74) is 0.846. The largest absolute Gasteiger partial charge is 0.386 e. The molecule has 0 spiro atoms. The van der Waals surface area contributed by atoms with Crippen LogP contribution in [0.15, 0.2) is 35.4 Å². The summed E-state index contributed by atoms with van der Waals surface area (Å²) in [6.45, 7) is -0.178. The summed E-state index contributed by atoms with van der Waals surface area (Å²) in [6.07, 6.45) is 0. The van der Waals surface area contributed by atoms with Crippen molar-refractivity contribution in [2.75, 3.05) is 6.61 Å². The average Bonchev–Trinajstić information content (AvgIpc) is 2.17. The smallest absolute Gasteiger partial charge is 0.246 e. The van der Waals surface area contributed by atoms with Gasteiger partial charge in [-0.1, -0.05) is 41.9 Å². The Labute approximate surface area is 81.2 Å². The fraction of sp³-hybridized carbons (Fsp3) is 0.111. The molecule has 0 aliphatic heterocycles. The molecule has 0 unspecified atom stereocenters. The van der Waals surface area contributed by atoms with Crippen LogP contribution in [0.1, 0.15) is 5.56 Å². The van der Waals surface area contributed by atoms with E-state index < -0.39 is 0 Å². The molecule has 0 heterocycles. The van der Waals surface area contributed by atoms with Gasteiger partial charge in [-0.2, -0.15) is 0 Å². The molecular weight excluding hydrogens is 195 g/mol. The number of hydrogen-bond acceptors (Lipinski definition) is 1. The van der Waals surface area contributed by atoms with Gasteiger partial charge in [0.05, 0.1) is 0 Å². The molecule has 12 heavy (non-hydrogen) atoms. The van der Waals surface area contributed by atoms with Crippen LogP contribution in [0.2, 0.25) is 0 Å². The molecule has 0 radical (unpaired) electrons. The van der Waals surface area contributed by atoms with Gasteiger partial charge in [0.15, 0.2) is 11.6 Å². The third kappa shape index (κ3) is 2.24. The first-order valence-electron chi connectivity index (χ1n) is 3.47. The van der Waals surface area contributed by atoms with Crippen LogP contribution in [0, 0.1) is 11.6 Å². The second kappa shape index (κ2) is 4.51. The molecule has 1 N–H and O–H groups in total. The highest BCUT2D eigenvalue weighted by atomic mass is 35.5. The summed E-state index contributed by atoms with van der Waals surface area (Å²) < 4.78 is 0. The molecule has 1 rings (SSSR count). The first-order chi connectivity index (χ1) is 5.75. The Morgan fingerprint density at radius 3 is 2.42 bits per heavy atom. The molecule has 0 aromatic heterocycles. The van der Waals surface area contributed by atoms with Crippen LogP contribution >= 0.6 is 11.6 Å². The third-order valence-corrected chi connectivity index (χ3v) is 2.31. The molecule has 3 heteroatoms. The van der Waals surface area contributed by atoms with Gasteiger partial charge in [-0.25, -0.2) is 0 Å². The normalized spacial score (nSPS) is 12.6. The van der Waals surface area contributed by atoms with Crippen molar-refractivity contribution in [3.63, 3.8) is 0 Å². The monoisotopic (exact) mass is 203 g/mol. The predicted octanol–water partition coefficient (Wildman–Crippen LogP) is 1.87. The third-order valence-electron chi connectivity index (χ3n) is 1.42.